The average Bonchev–Trinajstić information content (AvgIpc) is 3.56. The Hall–Kier alpha value is -4.81. The van der Waals surface area contributed by atoms with E-state index in [-0.39, 0.29) is 20.7 Å². The van der Waals surface area contributed by atoms with E-state index in [0.717, 1.165) is 16.9 Å². The van der Waals surface area contributed by atoms with Crippen molar-refractivity contribution in [3.63, 3.8) is 0 Å². The van der Waals surface area contributed by atoms with Crippen LogP contribution in [0.15, 0.2) is 151 Å². The predicted molar refractivity (Wildman–Crippen MR) is 182 cm³/mol. The van der Waals surface area contributed by atoms with Gasteiger partial charge in [0.2, 0.25) is 0 Å². The number of hydrogen-bond donors (Lipinski definition) is 0. The average molecular weight is 650 g/mol. The van der Waals surface area contributed by atoms with E-state index in [1.807, 2.05) is 0 Å². The summed E-state index contributed by atoms with van der Waals surface area (Å²) in [5, 5.41) is 4.96. The van der Waals surface area contributed by atoms with E-state index >= 15 is 0 Å². The van der Waals surface area contributed by atoms with E-state index in [1.54, 1.807) is 0 Å². The first-order valence-electron chi connectivity index (χ1n) is 14.1. The number of fused-ring (bicyclic) bond motifs is 7. The van der Waals surface area contributed by atoms with Crippen molar-refractivity contribution in [3.8, 4) is 22.5 Å². The van der Waals surface area contributed by atoms with Crippen LogP contribution in [0.2, 0.25) is 0 Å². The molecular formula is C38H24IN3. The molecule has 0 fully saturated rings. The Morgan fingerprint density at radius 3 is 1.79 bits per heavy atom. The summed E-state index contributed by atoms with van der Waals surface area (Å²) in [6, 6.07) is 52.5. The molecule has 0 saturated carbocycles. The summed E-state index contributed by atoms with van der Waals surface area (Å²) < 4.78 is 7.50. The van der Waals surface area contributed by atoms with E-state index in [4.69, 9.17) is 4.99 Å². The zero-order chi connectivity index (χ0) is 27.6. The molecular weight excluding hydrogens is 625 g/mol. The lowest BCUT2D eigenvalue weighted by atomic mass is 10.0. The number of benzene rings is 6. The van der Waals surface area contributed by atoms with Gasteiger partial charge in [0.05, 0.1) is 25.5 Å². The molecule has 0 aliphatic carbocycles. The highest BCUT2D eigenvalue weighted by molar-refractivity contribution is 14.2. The largest absolute Gasteiger partial charge is 0.309 e. The van der Waals surface area contributed by atoms with Crippen molar-refractivity contribution in [2.75, 3.05) is 0 Å². The monoisotopic (exact) mass is 649 g/mol. The first-order valence-corrected chi connectivity index (χ1v) is 16.3. The topological polar surface area (TPSA) is 22.2 Å². The third-order valence-corrected chi connectivity index (χ3v) is 11.3. The second-order valence-corrected chi connectivity index (χ2v) is 13.4. The second-order valence-electron chi connectivity index (χ2n) is 10.6. The molecule has 2 aromatic heterocycles. The van der Waals surface area contributed by atoms with E-state index in [0.29, 0.717) is 0 Å². The summed E-state index contributed by atoms with van der Waals surface area (Å²) in [4.78, 5) is 5.22. The molecule has 1 aliphatic rings. The van der Waals surface area contributed by atoms with Crippen molar-refractivity contribution in [1.29, 1.82) is 0 Å². The van der Waals surface area contributed by atoms with Crippen LogP contribution >= 0.6 is 20.7 Å². The van der Waals surface area contributed by atoms with Gasteiger partial charge in [-0.25, -0.2) is 4.99 Å². The molecule has 0 amide bonds. The van der Waals surface area contributed by atoms with Crippen LogP contribution in [0.4, 0.5) is 5.82 Å². The lowest BCUT2D eigenvalue weighted by Gasteiger charge is -2.10. The highest BCUT2D eigenvalue weighted by Gasteiger charge is 2.20. The van der Waals surface area contributed by atoms with Gasteiger partial charge in [0.1, 0.15) is 0 Å². The number of halogens is 1. The van der Waals surface area contributed by atoms with E-state index < -0.39 is 0 Å². The van der Waals surface area contributed by atoms with E-state index in [2.05, 4.69) is 155 Å². The molecule has 3 heterocycles. The number of rotatable bonds is 3. The third kappa shape index (κ3) is 3.58. The van der Waals surface area contributed by atoms with Gasteiger partial charge in [-0.1, -0.05) is 99.6 Å². The van der Waals surface area contributed by atoms with Crippen LogP contribution in [0.25, 0.3) is 55.2 Å². The zero-order valence-electron chi connectivity index (χ0n) is 22.6. The van der Waals surface area contributed by atoms with Crippen LogP contribution in [0.1, 0.15) is 0 Å². The maximum absolute atomic E-state index is 5.22. The molecule has 0 N–H and O–H groups in total. The van der Waals surface area contributed by atoms with Gasteiger partial charge in [-0.3, -0.25) is 4.57 Å². The summed E-state index contributed by atoms with van der Waals surface area (Å²) in [5.41, 5.74) is 8.46. The Morgan fingerprint density at radius 1 is 0.452 bits per heavy atom. The minimum absolute atomic E-state index is 0.375. The van der Waals surface area contributed by atoms with Gasteiger partial charge in [0.15, 0.2) is 5.82 Å². The molecule has 8 aromatic rings. The van der Waals surface area contributed by atoms with Gasteiger partial charge in [-0.05, 0) is 77.9 Å². The minimum atomic E-state index is -0.375. The molecule has 0 unspecified atom stereocenters. The molecule has 3 nitrogen and oxygen atoms in total. The number of aromatic nitrogens is 2. The van der Waals surface area contributed by atoms with Gasteiger partial charge in [-0.15, -0.1) is 0 Å². The van der Waals surface area contributed by atoms with Gasteiger partial charge >= 0.3 is 0 Å². The van der Waals surface area contributed by atoms with Crippen molar-refractivity contribution in [1.82, 2.24) is 9.13 Å². The quantitative estimate of drug-likeness (QED) is 0.170. The molecule has 0 spiro atoms. The Labute approximate surface area is 252 Å². The van der Waals surface area contributed by atoms with Gasteiger partial charge < -0.3 is 4.57 Å². The van der Waals surface area contributed by atoms with Crippen LogP contribution in [0.3, 0.4) is 0 Å². The first-order chi connectivity index (χ1) is 20.8. The van der Waals surface area contributed by atoms with Gasteiger partial charge in [0.25, 0.3) is 0 Å². The Balaban J connectivity index is 1.29. The van der Waals surface area contributed by atoms with E-state index in [1.165, 1.54) is 56.2 Å². The first kappa shape index (κ1) is 23.9. The lowest BCUT2D eigenvalue weighted by molar-refractivity contribution is 1.08. The predicted octanol–water partition coefficient (Wildman–Crippen LogP) is 9.75. The third-order valence-electron chi connectivity index (χ3n) is 8.19. The smallest absolute Gasteiger partial charge is 0.152 e. The van der Waals surface area contributed by atoms with Crippen molar-refractivity contribution in [2.24, 2.45) is 4.99 Å². The normalized spacial score (nSPS) is 12.4. The molecule has 0 atom stereocenters. The fraction of sp³-hybridized carbons (Fsp3) is 0. The minimum Gasteiger partial charge on any atom is -0.309 e. The van der Waals surface area contributed by atoms with Crippen LogP contribution in [-0.2, 0) is 0 Å². The summed E-state index contributed by atoms with van der Waals surface area (Å²) >= 11 is -0.375. The van der Waals surface area contributed by atoms with Crippen LogP contribution in [0, 0.1) is 6.72 Å². The maximum atomic E-state index is 5.22. The molecule has 0 bridgehead atoms. The molecule has 198 valence electrons. The summed E-state index contributed by atoms with van der Waals surface area (Å²) in [6.45, 7) is 0. The van der Waals surface area contributed by atoms with Crippen molar-refractivity contribution in [2.45, 2.75) is 0 Å². The number of para-hydroxylation sites is 4. The van der Waals surface area contributed by atoms with Crippen LogP contribution in [0.5, 0.6) is 0 Å². The second kappa shape index (κ2) is 9.36. The molecule has 42 heavy (non-hydrogen) atoms. The van der Waals surface area contributed by atoms with Crippen molar-refractivity contribution >= 4 is 59.3 Å². The van der Waals surface area contributed by atoms with Crippen molar-refractivity contribution in [3.05, 3.63) is 158 Å². The summed E-state index contributed by atoms with van der Waals surface area (Å²) in [5.74, 6) is 1.08. The Bertz CT molecular complexity index is 2450. The summed E-state index contributed by atoms with van der Waals surface area (Å²) in [7, 11) is 0. The molecule has 9 rings (SSSR count). The number of hydrogen-bond acceptors (Lipinski definition) is 1. The summed E-state index contributed by atoms with van der Waals surface area (Å²) in [6.07, 6.45) is 0. The van der Waals surface area contributed by atoms with Crippen molar-refractivity contribution < 1.29 is 0 Å². The highest BCUT2D eigenvalue weighted by atomic mass is 127. The van der Waals surface area contributed by atoms with Gasteiger partial charge in [0, 0.05) is 30.7 Å². The Morgan fingerprint density at radius 2 is 1.02 bits per heavy atom. The standard InChI is InChI=1S/C38H24IN3/c1-3-11-27(12-4-1)41-34-18-10-7-15-29(34)30-23-25(19-21-35(30)41)26-20-22-36-31(24-26)37-38(42(36)28-13-5-2-6-14-28)40-33-17-9-8-16-32(33)39-37/h1-24H. The Kier molecular flexibility index (Phi) is 5.32. The molecule has 0 radical (unpaired) electrons. The molecule has 4 heteroatoms. The zero-order valence-corrected chi connectivity index (χ0v) is 24.7. The van der Waals surface area contributed by atoms with Crippen LogP contribution < -0.4 is 5.36 Å². The van der Waals surface area contributed by atoms with Crippen LogP contribution in [-0.4, -0.2) is 9.13 Å². The molecule has 1 aliphatic heterocycles. The van der Waals surface area contributed by atoms with Gasteiger partial charge in [-0.2, -0.15) is 0 Å². The fourth-order valence-corrected chi connectivity index (χ4v) is 9.17. The maximum Gasteiger partial charge on any atom is 0.152 e. The molecule has 0 saturated heterocycles. The van der Waals surface area contributed by atoms with E-state index in [9.17, 15) is 0 Å². The highest BCUT2D eigenvalue weighted by Crippen LogP contribution is 2.42. The fourth-order valence-electron chi connectivity index (χ4n) is 6.30. The lowest BCUT2D eigenvalue weighted by Crippen LogP contribution is -2.05. The SMILES string of the molecule is c1ccc(-n2c3c(c4cc(-c5ccc6c(c5)c5ccccc5n6-c5ccccc5)ccc42)I=c2ccccc2=N3)cc1. The molecule has 6 aromatic carbocycles. The number of nitrogens with zero attached hydrogens (tertiary/aromatic N) is 3.